The number of ether oxygens (including phenoxy) is 1. The minimum Gasteiger partial charge on any atom is -0.482 e. The molecule has 0 bridgehead atoms. The Kier molecular flexibility index (Phi) is 15.0. The third-order valence-electron chi connectivity index (χ3n) is 6.88. The van der Waals surface area contributed by atoms with Crippen LogP contribution in [-0.2, 0) is 25.6 Å². The zero-order valence-corrected chi connectivity index (χ0v) is 27.1. The number of nitrogens with zero attached hydrogens (tertiary/aromatic N) is 2. The minimum absolute atomic E-state index is 0.00177. The first-order chi connectivity index (χ1) is 22.1. The molecule has 3 atom stereocenters. The quantitative estimate of drug-likeness (QED) is 0.184. The van der Waals surface area contributed by atoms with Gasteiger partial charge in [-0.2, -0.15) is 0 Å². The lowest BCUT2D eigenvalue weighted by atomic mass is 9.98. The second kappa shape index (κ2) is 18.4. The van der Waals surface area contributed by atoms with Crippen molar-refractivity contribution in [1.29, 1.82) is 0 Å². The molecule has 2 amide bonds. The summed E-state index contributed by atoms with van der Waals surface area (Å²) in [6, 6.07) is 11.2. The van der Waals surface area contributed by atoms with E-state index in [1.165, 1.54) is 19.1 Å². The van der Waals surface area contributed by atoms with Gasteiger partial charge in [-0.05, 0) is 67.0 Å². The van der Waals surface area contributed by atoms with Crippen LogP contribution in [-0.4, -0.2) is 45.8 Å². The molecule has 13 heteroatoms. The molecule has 3 N–H and O–H groups in total. The number of aromatic nitrogens is 2. The molecule has 47 heavy (non-hydrogen) atoms. The van der Waals surface area contributed by atoms with E-state index in [1.54, 1.807) is 37.5 Å². The first kappa shape index (κ1) is 38.4. The van der Waals surface area contributed by atoms with Gasteiger partial charge in [-0.3, -0.25) is 9.59 Å². The van der Waals surface area contributed by atoms with Gasteiger partial charge in [0.05, 0.1) is 6.42 Å². The zero-order chi connectivity index (χ0) is 35.1. The van der Waals surface area contributed by atoms with Gasteiger partial charge in [0.1, 0.15) is 29.2 Å². The lowest BCUT2D eigenvalue weighted by molar-refractivity contribution is -0.274. The van der Waals surface area contributed by atoms with Crippen LogP contribution in [0.15, 0.2) is 60.9 Å². The highest BCUT2D eigenvalue weighted by Crippen LogP contribution is 2.24. The molecule has 1 aromatic carbocycles. The Labute approximate surface area is 272 Å². The molecule has 0 radical (unpaired) electrons. The summed E-state index contributed by atoms with van der Waals surface area (Å²) in [6.07, 6.45) is 0.113. The zero-order valence-electron chi connectivity index (χ0n) is 27.1. The molecule has 3 unspecified atom stereocenters. The van der Waals surface area contributed by atoms with Gasteiger partial charge in [0.15, 0.2) is 0 Å². The molecule has 0 fully saturated rings. The third-order valence-corrected chi connectivity index (χ3v) is 6.88. The number of nitrogens with one attached hydrogen (secondary N) is 3. The van der Waals surface area contributed by atoms with Gasteiger partial charge in [-0.1, -0.05) is 69.5 Å². The third kappa shape index (κ3) is 14.9. The number of hydrogen-bond donors (Lipinski definition) is 2. The molecule has 2 heterocycles. The summed E-state index contributed by atoms with van der Waals surface area (Å²) in [4.78, 5) is 55.4. The van der Waals surface area contributed by atoms with Gasteiger partial charge in [0, 0.05) is 19.0 Å². The average Bonchev–Trinajstić information content (AvgIpc) is 2.96. The van der Waals surface area contributed by atoms with Crippen molar-refractivity contribution < 1.29 is 37.1 Å². The number of pyridine rings is 2. The molecular formula is C34H41F3N5O5-. The normalized spacial score (nSPS) is 12.9. The van der Waals surface area contributed by atoms with Crippen molar-refractivity contribution in [1.82, 2.24) is 15.3 Å². The van der Waals surface area contributed by atoms with Crippen LogP contribution in [0.25, 0.3) is 5.73 Å². The van der Waals surface area contributed by atoms with E-state index in [0.29, 0.717) is 37.1 Å². The summed E-state index contributed by atoms with van der Waals surface area (Å²) in [5.74, 6) is -0.374. The van der Waals surface area contributed by atoms with Crippen LogP contribution in [0, 0.1) is 0 Å². The Balaban J connectivity index is 0.000000492. The molecule has 0 aliphatic heterocycles. The van der Waals surface area contributed by atoms with E-state index < -0.39 is 30.0 Å². The maximum Gasteiger partial charge on any atom is 0.573 e. The van der Waals surface area contributed by atoms with Gasteiger partial charge in [0.2, 0.25) is 11.8 Å². The number of rotatable bonds is 14. The van der Waals surface area contributed by atoms with E-state index in [0.717, 1.165) is 23.3 Å². The SMILES string of the molecule is CC(=O)CC(C)c1ccc([NH-])nc1.CCCC(NC(=O)Cc1cccc(OC(F)(F)F)c1)C(=O)Nc1ccc(C(C)CC(C)=O)cn1. The summed E-state index contributed by atoms with van der Waals surface area (Å²) in [5.41, 5.74) is 9.39. The van der Waals surface area contributed by atoms with Crippen molar-refractivity contribution in [2.24, 2.45) is 0 Å². The van der Waals surface area contributed by atoms with Crippen LogP contribution >= 0.6 is 0 Å². The van der Waals surface area contributed by atoms with Crippen molar-refractivity contribution in [3.05, 3.63) is 83.3 Å². The Morgan fingerprint density at radius 2 is 1.49 bits per heavy atom. The number of ketones is 2. The highest BCUT2D eigenvalue weighted by molar-refractivity contribution is 5.96. The van der Waals surface area contributed by atoms with E-state index in [9.17, 15) is 32.3 Å². The van der Waals surface area contributed by atoms with Crippen LogP contribution in [0.5, 0.6) is 5.75 Å². The molecule has 0 saturated heterocycles. The largest absolute Gasteiger partial charge is 0.573 e. The van der Waals surface area contributed by atoms with Crippen molar-refractivity contribution in [3.63, 3.8) is 0 Å². The molecule has 254 valence electrons. The van der Waals surface area contributed by atoms with Crippen molar-refractivity contribution >= 4 is 35.0 Å². The molecule has 0 aliphatic carbocycles. The molecule has 2 aromatic heterocycles. The maximum absolute atomic E-state index is 12.7. The lowest BCUT2D eigenvalue weighted by Gasteiger charge is -2.18. The lowest BCUT2D eigenvalue weighted by Crippen LogP contribution is -2.44. The Hall–Kier alpha value is -4.81. The molecule has 3 rings (SSSR count). The highest BCUT2D eigenvalue weighted by atomic mass is 19.4. The fourth-order valence-corrected chi connectivity index (χ4v) is 4.62. The Morgan fingerprint density at radius 1 is 0.894 bits per heavy atom. The smallest absolute Gasteiger partial charge is 0.482 e. The summed E-state index contributed by atoms with van der Waals surface area (Å²) in [7, 11) is 0. The van der Waals surface area contributed by atoms with E-state index >= 15 is 0 Å². The van der Waals surface area contributed by atoms with Gasteiger partial charge >= 0.3 is 6.36 Å². The monoisotopic (exact) mass is 656 g/mol. The van der Waals surface area contributed by atoms with Crippen molar-refractivity contribution in [2.75, 3.05) is 5.32 Å². The summed E-state index contributed by atoms with van der Waals surface area (Å²) in [5, 5.41) is 5.29. The Bertz CT molecular complexity index is 1480. The predicted octanol–water partition coefficient (Wildman–Crippen LogP) is 7.38. The first-order valence-electron chi connectivity index (χ1n) is 15.1. The van der Waals surface area contributed by atoms with Gasteiger partial charge < -0.3 is 35.7 Å². The van der Waals surface area contributed by atoms with Gasteiger partial charge in [-0.15, -0.1) is 13.2 Å². The number of carbonyl (C=O) groups excluding carboxylic acids is 4. The summed E-state index contributed by atoms with van der Waals surface area (Å²) >= 11 is 0. The molecule has 3 aromatic rings. The number of amides is 2. The topological polar surface area (TPSA) is 151 Å². The Morgan fingerprint density at radius 3 is 1.98 bits per heavy atom. The van der Waals surface area contributed by atoms with Crippen LogP contribution in [0.3, 0.4) is 0 Å². The van der Waals surface area contributed by atoms with Crippen LogP contribution < -0.4 is 15.4 Å². The number of carbonyl (C=O) groups is 4. The number of Topliss-reactive ketones (excluding diaryl/α,β-unsaturated/α-hetero) is 2. The fourth-order valence-electron chi connectivity index (χ4n) is 4.62. The fraction of sp³-hybridized carbons (Fsp3) is 0.412. The molecule has 0 aliphatic rings. The van der Waals surface area contributed by atoms with Crippen LogP contribution in [0.1, 0.15) is 88.8 Å². The highest BCUT2D eigenvalue weighted by Gasteiger charge is 2.31. The summed E-state index contributed by atoms with van der Waals surface area (Å²) < 4.78 is 41.1. The van der Waals surface area contributed by atoms with Crippen LogP contribution in [0.4, 0.5) is 24.8 Å². The number of alkyl halides is 3. The average molecular weight is 657 g/mol. The summed E-state index contributed by atoms with van der Waals surface area (Å²) in [6.45, 7) is 8.86. The van der Waals surface area contributed by atoms with E-state index in [2.05, 4.69) is 25.3 Å². The number of halogens is 3. The van der Waals surface area contributed by atoms with Crippen LogP contribution in [0.2, 0.25) is 0 Å². The standard InChI is InChI=1S/C24H28F3N3O4.C10H13N2O/c1-4-6-20(23(33)30-21-10-9-18(14-28-21)15(2)11-16(3)31)29-22(32)13-17-7-5-8-19(12-17)34-24(25,26)27;1-7(5-8(2)13)9-3-4-10(11)12-6-9/h5,7-10,12,14-15,20H,4,6,11,13H2,1-3H3,(H,29,32)(H,28,30,33);3-4,6-7H,5H2,1-2H3,(H-,11,12)/q;-1. The van der Waals surface area contributed by atoms with Crippen molar-refractivity contribution in [2.45, 2.75) is 91.0 Å². The molecule has 0 saturated carbocycles. The number of anilines is 1. The minimum atomic E-state index is -4.83. The second-order valence-corrected chi connectivity index (χ2v) is 11.3. The van der Waals surface area contributed by atoms with E-state index in [4.69, 9.17) is 5.73 Å². The molecule has 0 spiro atoms. The van der Waals surface area contributed by atoms with Gasteiger partial charge in [-0.25, -0.2) is 4.98 Å². The molecular weight excluding hydrogens is 615 g/mol. The predicted molar refractivity (Wildman–Crippen MR) is 172 cm³/mol. The number of benzene rings is 1. The first-order valence-corrected chi connectivity index (χ1v) is 15.1. The van der Waals surface area contributed by atoms with Gasteiger partial charge in [0.25, 0.3) is 0 Å². The maximum atomic E-state index is 12.7. The van der Waals surface area contributed by atoms with Crippen molar-refractivity contribution in [3.8, 4) is 5.75 Å². The second-order valence-electron chi connectivity index (χ2n) is 11.3. The van der Waals surface area contributed by atoms with E-state index in [1.807, 2.05) is 26.8 Å². The number of hydrogen-bond acceptors (Lipinski definition) is 7. The molecule has 10 nitrogen and oxygen atoms in total. The van der Waals surface area contributed by atoms with E-state index in [-0.39, 0.29) is 35.6 Å².